The molecule has 4 rings (SSSR count). The molecule has 0 fully saturated rings. The van der Waals surface area contributed by atoms with Gasteiger partial charge in [-0.3, -0.25) is 0 Å². The molecular weight excluding hydrogens is 476 g/mol. The van der Waals surface area contributed by atoms with E-state index < -0.39 is 11.9 Å². The second kappa shape index (κ2) is 11.7. The van der Waals surface area contributed by atoms with Crippen LogP contribution in [0, 0.1) is 0 Å². The summed E-state index contributed by atoms with van der Waals surface area (Å²) in [5.74, 6) is 1.58. The minimum Gasteiger partial charge on any atom is -0.496 e. The van der Waals surface area contributed by atoms with Gasteiger partial charge >= 0.3 is 11.9 Å². The van der Waals surface area contributed by atoms with Crippen LogP contribution in [0.5, 0.6) is 23.0 Å². The highest BCUT2D eigenvalue weighted by Crippen LogP contribution is 2.36. The predicted molar refractivity (Wildman–Crippen MR) is 136 cm³/mol. The van der Waals surface area contributed by atoms with Gasteiger partial charge in [0.05, 0.1) is 28.4 Å². The number of hydrogen-bond donors (Lipinski definition) is 0. The van der Waals surface area contributed by atoms with Gasteiger partial charge in [-0.25, -0.2) is 9.59 Å². The maximum Gasteiger partial charge on any atom is 0.341 e. The fourth-order valence-corrected chi connectivity index (χ4v) is 4.39. The smallest absolute Gasteiger partial charge is 0.341 e. The Morgan fingerprint density at radius 2 is 1.08 bits per heavy atom. The number of ether oxygens (including phenoxy) is 6. The van der Waals surface area contributed by atoms with Crippen molar-refractivity contribution in [2.75, 3.05) is 35.2 Å². The number of methoxy groups -OCH3 is 4. The quantitative estimate of drug-likeness (QED) is 0.369. The molecule has 8 nitrogen and oxygen atoms in total. The summed E-state index contributed by atoms with van der Waals surface area (Å²) in [6, 6.07) is 15.1. The van der Waals surface area contributed by atoms with Crippen LogP contribution in [0.15, 0.2) is 48.5 Å². The van der Waals surface area contributed by atoms with Crippen LogP contribution in [-0.2, 0) is 35.2 Å². The molecule has 0 spiro atoms. The zero-order valence-electron chi connectivity index (χ0n) is 21.4. The Labute approximate surface area is 216 Å². The average Bonchev–Trinajstić information content (AvgIpc) is 3.40. The molecule has 0 bridgehead atoms. The van der Waals surface area contributed by atoms with E-state index >= 15 is 0 Å². The van der Waals surface area contributed by atoms with Crippen molar-refractivity contribution in [3.8, 4) is 23.0 Å². The van der Waals surface area contributed by atoms with Gasteiger partial charge in [0.2, 0.25) is 6.79 Å². The van der Waals surface area contributed by atoms with E-state index in [-0.39, 0.29) is 6.79 Å². The summed E-state index contributed by atoms with van der Waals surface area (Å²) in [5.41, 5.74) is 5.17. The lowest BCUT2D eigenvalue weighted by molar-refractivity contribution is 0.0588. The molecule has 1 heterocycles. The summed E-state index contributed by atoms with van der Waals surface area (Å²) in [5, 5.41) is 0. The molecule has 0 saturated carbocycles. The Morgan fingerprint density at radius 1 is 0.649 bits per heavy atom. The first-order chi connectivity index (χ1) is 18.0. The van der Waals surface area contributed by atoms with E-state index in [4.69, 9.17) is 28.4 Å². The van der Waals surface area contributed by atoms with Crippen LogP contribution >= 0.6 is 0 Å². The molecule has 0 aliphatic carbocycles. The van der Waals surface area contributed by atoms with E-state index in [0.717, 1.165) is 59.4 Å². The number of benzene rings is 3. The van der Waals surface area contributed by atoms with E-state index in [1.807, 2.05) is 36.4 Å². The van der Waals surface area contributed by atoms with Crippen LogP contribution < -0.4 is 18.9 Å². The molecule has 0 N–H and O–H groups in total. The van der Waals surface area contributed by atoms with E-state index in [1.54, 1.807) is 12.1 Å². The van der Waals surface area contributed by atoms with Crippen LogP contribution in [0.4, 0.5) is 0 Å². The molecule has 37 heavy (non-hydrogen) atoms. The molecule has 0 saturated heterocycles. The average molecular weight is 507 g/mol. The highest BCUT2D eigenvalue weighted by molar-refractivity contribution is 5.93. The summed E-state index contributed by atoms with van der Waals surface area (Å²) in [6.45, 7) is 0.205. The maximum atomic E-state index is 12.0. The Bertz CT molecular complexity index is 1200. The lowest BCUT2D eigenvalue weighted by Gasteiger charge is -2.14. The van der Waals surface area contributed by atoms with E-state index in [0.29, 0.717) is 22.6 Å². The molecule has 1 aliphatic rings. The monoisotopic (exact) mass is 506 g/mol. The van der Waals surface area contributed by atoms with Gasteiger partial charge in [0.1, 0.15) is 22.6 Å². The van der Waals surface area contributed by atoms with E-state index in [2.05, 4.69) is 0 Å². The van der Waals surface area contributed by atoms with Gasteiger partial charge in [0, 0.05) is 0 Å². The summed E-state index contributed by atoms with van der Waals surface area (Å²) in [7, 11) is 5.77. The molecule has 3 aromatic carbocycles. The number of hydrogen-bond acceptors (Lipinski definition) is 8. The SMILES string of the molecule is COC(=O)c1ccc(CCc2cc3c(cc2CCc2ccc(C(=O)OC)c(OC)c2)OCO3)cc1OC. The fraction of sp³-hybridized carbons (Fsp3) is 0.310. The molecule has 8 heteroatoms. The van der Waals surface area contributed by atoms with E-state index in [9.17, 15) is 9.59 Å². The first-order valence-corrected chi connectivity index (χ1v) is 11.9. The molecule has 3 aromatic rings. The number of carbonyl (C=O) groups excluding carboxylic acids is 2. The van der Waals surface area contributed by atoms with Crippen molar-refractivity contribution in [3.05, 3.63) is 81.9 Å². The summed E-state index contributed by atoms with van der Waals surface area (Å²) < 4.78 is 31.7. The Morgan fingerprint density at radius 3 is 1.46 bits per heavy atom. The van der Waals surface area contributed by atoms with Crippen LogP contribution in [0.1, 0.15) is 43.0 Å². The van der Waals surface area contributed by atoms with Crippen LogP contribution in [-0.4, -0.2) is 47.2 Å². The van der Waals surface area contributed by atoms with Crippen molar-refractivity contribution in [2.45, 2.75) is 25.7 Å². The third-order valence-corrected chi connectivity index (χ3v) is 6.40. The standard InChI is InChI=1S/C29H30O8/c1-32-24-13-18(7-11-22(24)28(30)34-3)5-9-20-15-26-27(37-17-36-26)16-21(20)10-6-19-8-12-23(29(31)35-4)25(14-19)33-2/h7-8,11-16H,5-6,9-10,17H2,1-4H3. The Kier molecular flexibility index (Phi) is 8.18. The molecule has 1 aliphatic heterocycles. The third-order valence-electron chi connectivity index (χ3n) is 6.40. The summed E-state index contributed by atoms with van der Waals surface area (Å²) >= 11 is 0. The van der Waals surface area contributed by atoms with Crippen LogP contribution in [0.2, 0.25) is 0 Å². The predicted octanol–water partition coefficient (Wildman–Crippen LogP) is 4.58. The van der Waals surface area contributed by atoms with Crippen molar-refractivity contribution in [2.24, 2.45) is 0 Å². The van der Waals surface area contributed by atoms with Crippen molar-refractivity contribution >= 4 is 11.9 Å². The number of fused-ring (bicyclic) bond motifs is 1. The highest BCUT2D eigenvalue weighted by Gasteiger charge is 2.19. The second-order valence-electron chi connectivity index (χ2n) is 8.53. The third kappa shape index (κ3) is 5.80. The van der Waals surface area contributed by atoms with Gasteiger partial charge in [0.25, 0.3) is 0 Å². The molecule has 0 unspecified atom stereocenters. The molecule has 0 amide bonds. The fourth-order valence-electron chi connectivity index (χ4n) is 4.39. The van der Waals surface area contributed by atoms with Crippen molar-refractivity contribution in [3.63, 3.8) is 0 Å². The lowest BCUT2D eigenvalue weighted by Crippen LogP contribution is -2.06. The number of rotatable bonds is 10. The van der Waals surface area contributed by atoms with Crippen molar-refractivity contribution in [1.29, 1.82) is 0 Å². The van der Waals surface area contributed by atoms with Crippen molar-refractivity contribution < 1.29 is 38.0 Å². The summed E-state index contributed by atoms with van der Waals surface area (Å²) in [4.78, 5) is 23.9. The Balaban J connectivity index is 1.53. The highest BCUT2D eigenvalue weighted by atomic mass is 16.7. The summed E-state index contributed by atoms with van der Waals surface area (Å²) in [6.07, 6.45) is 3.01. The Hall–Kier alpha value is -4.20. The van der Waals surface area contributed by atoms with Gasteiger partial charge in [-0.05, 0) is 84.3 Å². The van der Waals surface area contributed by atoms with Crippen molar-refractivity contribution in [1.82, 2.24) is 0 Å². The van der Waals surface area contributed by atoms with Gasteiger partial charge in [-0.1, -0.05) is 12.1 Å². The molecule has 0 atom stereocenters. The largest absolute Gasteiger partial charge is 0.496 e. The molecule has 0 radical (unpaired) electrons. The van der Waals surface area contributed by atoms with Crippen LogP contribution in [0.3, 0.4) is 0 Å². The second-order valence-corrected chi connectivity index (χ2v) is 8.53. The normalized spacial score (nSPS) is 11.7. The van der Waals surface area contributed by atoms with Gasteiger partial charge in [-0.15, -0.1) is 0 Å². The van der Waals surface area contributed by atoms with Gasteiger partial charge < -0.3 is 28.4 Å². The first-order valence-electron chi connectivity index (χ1n) is 11.9. The minimum atomic E-state index is -0.433. The minimum absolute atomic E-state index is 0.205. The lowest BCUT2D eigenvalue weighted by atomic mass is 9.94. The van der Waals surface area contributed by atoms with E-state index in [1.165, 1.54) is 28.4 Å². The zero-order valence-corrected chi connectivity index (χ0v) is 21.4. The molecule has 0 aromatic heterocycles. The topological polar surface area (TPSA) is 89.5 Å². The zero-order chi connectivity index (χ0) is 26.4. The number of esters is 2. The van der Waals surface area contributed by atoms with Gasteiger partial charge in [0.15, 0.2) is 11.5 Å². The number of carbonyl (C=O) groups is 2. The van der Waals surface area contributed by atoms with Gasteiger partial charge in [-0.2, -0.15) is 0 Å². The maximum absolute atomic E-state index is 12.0. The molecular formula is C29H30O8. The van der Waals surface area contributed by atoms with Crippen LogP contribution in [0.25, 0.3) is 0 Å². The first kappa shape index (κ1) is 25.9. The number of aryl methyl sites for hydroxylation is 4. The molecule has 194 valence electrons.